The van der Waals surface area contributed by atoms with E-state index < -0.39 is 0 Å². The first-order chi connectivity index (χ1) is 34.8. The van der Waals surface area contributed by atoms with Crippen LogP contribution in [0.25, 0.3) is 5.65 Å². The van der Waals surface area contributed by atoms with E-state index in [2.05, 4.69) is 63.7 Å². The molecule has 1 atom stereocenters. The SMILES string of the molecule is CCc1cnn2c(NCc3ccc(OCCOCC4CCN(CC5CCN(c6ncc(C(=O)NC7CCC(Oc8ccc(NC)c(Cl)c8)CC7)cn6)CC5)CC4)nc3)cc(N3CCCC[C@H]3CCO)nc12. The van der Waals surface area contributed by atoms with Crippen LogP contribution >= 0.6 is 11.6 Å². The lowest BCUT2D eigenvalue weighted by molar-refractivity contribution is 0.0466. The number of carbonyl (C=O) groups excluding carboxylic acids is 1. The number of rotatable bonds is 21. The Kier molecular flexibility index (Phi) is 17.6. The lowest BCUT2D eigenvalue weighted by Gasteiger charge is -2.37. The molecular formula is C53H73ClN12O5. The first-order valence-corrected chi connectivity index (χ1v) is 26.6. The van der Waals surface area contributed by atoms with Crippen molar-refractivity contribution >= 4 is 46.4 Å². The highest BCUT2D eigenvalue weighted by Crippen LogP contribution is 2.32. The van der Waals surface area contributed by atoms with Crippen LogP contribution in [-0.2, 0) is 17.7 Å². The molecule has 3 aliphatic heterocycles. The predicted molar refractivity (Wildman–Crippen MR) is 278 cm³/mol. The molecule has 1 aliphatic carbocycles. The van der Waals surface area contributed by atoms with Crippen LogP contribution in [0.1, 0.15) is 105 Å². The van der Waals surface area contributed by atoms with Gasteiger partial charge < -0.3 is 50.0 Å². The monoisotopic (exact) mass is 993 g/mol. The highest BCUT2D eigenvalue weighted by Gasteiger charge is 2.29. The van der Waals surface area contributed by atoms with Crippen LogP contribution in [0.2, 0.25) is 5.02 Å². The summed E-state index contributed by atoms with van der Waals surface area (Å²) in [5.41, 5.74) is 4.39. The summed E-state index contributed by atoms with van der Waals surface area (Å²) in [4.78, 5) is 39.2. The minimum absolute atomic E-state index is 0.0996. The summed E-state index contributed by atoms with van der Waals surface area (Å²) in [5.74, 6) is 4.97. The molecule has 0 unspecified atom stereocenters. The molecule has 9 rings (SSSR count). The van der Waals surface area contributed by atoms with Crippen molar-refractivity contribution in [1.29, 1.82) is 0 Å². The molecule has 0 radical (unpaired) electrons. The van der Waals surface area contributed by atoms with Gasteiger partial charge in [-0.3, -0.25) is 4.79 Å². The molecule has 7 heterocycles. The maximum Gasteiger partial charge on any atom is 0.254 e. The molecule has 17 nitrogen and oxygen atoms in total. The van der Waals surface area contributed by atoms with Crippen LogP contribution in [-0.4, -0.2) is 136 Å². The fourth-order valence-corrected chi connectivity index (χ4v) is 11.0. The second-order valence-electron chi connectivity index (χ2n) is 19.8. The van der Waals surface area contributed by atoms with E-state index in [1.807, 2.05) is 54.3 Å². The van der Waals surface area contributed by atoms with Gasteiger partial charge in [0.15, 0.2) is 5.65 Å². The second-order valence-corrected chi connectivity index (χ2v) is 20.2. The van der Waals surface area contributed by atoms with Crippen molar-refractivity contribution in [2.24, 2.45) is 11.8 Å². The number of likely N-dealkylation sites (tertiary alicyclic amines) is 1. The molecule has 3 saturated heterocycles. The summed E-state index contributed by atoms with van der Waals surface area (Å²) in [6.45, 7) is 10.8. The molecule has 5 aromatic rings. The van der Waals surface area contributed by atoms with Crippen LogP contribution in [0.5, 0.6) is 11.6 Å². The Morgan fingerprint density at radius 2 is 1.66 bits per heavy atom. The summed E-state index contributed by atoms with van der Waals surface area (Å²) in [5, 5.41) is 24.9. The number of halogens is 1. The highest BCUT2D eigenvalue weighted by atomic mass is 35.5. The number of amides is 1. The molecule has 1 aromatic carbocycles. The highest BCUT2D eigenvalue weighted by molar-refractivity contribution is 6.33. The summed E-state index contributed by atoms with van der Waals surface area (Å²) in [6, 6.07) is 12.1. The van der Waals surface area contributed by atoms with Crippen molar-refractivity contribution in [3.8, 4) is 11.6 Å². The molecule has 0 spiro atoms. The maximum absolute atomic E-state index is 13.1. The van der Waals surface area contributed by atoms with Crippen molar-refractivity contribution in [3.63, 3.8) is 0 Å². The number of pyridine rings is 1. The van der Waals surface area contributed by atoms with Crippen molar-refractivity contribution in [2.75, 3.05) is 93.2 Å². The predicted octanol–water partition coefficient (Wildman–Crippen LogP) is 7.67. The summed E-state index contributed by atoms with van der Waals surface area (Å²) in [7, 11) is 1.84. The standard InChI is InChI=1S/C53H73ClN12O5/c1-3-40-34-60-66-48(29-49(62-51(40)66)65-20-5-4-6-43(65)19-25-67)56-30-39-7-14-50(57-31-39)70-27-26-69-36-38-15-21-63(22-16-38)35-37-17-23-64(24-18-37)53-58-32-41(33-59-53)52(68)61-42-8-10-44(11-9-42)71-45-12-13-47(55-2)46(54)28-45/h7,12-14,28-29,31-34,37-38,42-44,55-56,67H,3-6,8-11,15-27,30,35-36H2,1-2H3,(H,61,68)/t42?,43-,44?/m0/s1. The molecule has 4 N–H and O–H groups in total. The number of hydrogen-bond donors (Lipinski definition) is 4. The van der Waals surface area contributed by atoms with E-state index in [1.54, 1.807) is 12.4 Å². The quantitative estimate of drug-likeness (QED) is 0.0526. The van der Waals surface area contributed by atoms with Crippen LogP contribution in [0, 0.1) is 11.8 Å². The van der Waals surface area contributed by atoms with E-state index in [-0.39, 0.29) is 30.7 Å². The zero-order valence-corrected chi connectivity index (χ0v) is 42.4. The Bertz CT molecular complexity index is 2450. The maximum atomic E-state index is 13.1. The molecule has 4 aromatic heterocycles. The number of carbonyl (C=O) groups is 1. The van der Waals surface area contributed by atoms with Crippen LogP contribution < -0.4 is 35.2 Å². The third kappa shape index (κ3) is 13.3. The fraction of sp³-hybridized carbons (Fsp3) is 0.585. The number of aryl methyl sites for hydroxylation is 1. The molecular weight excluding hydrogens is 920 g/mol. The van der Waals surface area contributed by atoms with Gasteiger partial charge in [0.05, 0.1) is 35.2 Å². The molecule has 1 amide bonds. The van der Waals surface area contributed by atoms with Gasteiger partial charge in [-0.25, -0.2) is 19.9 Å². The Hall–Kier alpha value is -5.49. The minimum atomic E-state index is -0.125. The van der Waals surface area contributed by atoms with Crippen LogP contribution in [0.4, 0.5) is 23.3 Å². The van der Waals surface area contributed by atoms with Crippen LogP contribution in [0.15, 0.2) is 61.2 Å². The second kappa shape index (κ2) is 24.8. The largest absolute Gasteiger partial charge is 0.490 e. The number of aliphatic hydroxyl groups is 1. The number of benzene rings is 1. The lowest BCUT2D eigenvalue weighted by Crippen LogP contribution is -2.42. The molecule has 4 aliphatic rings. The number of fused-ring (bicyclic) bond motifs is 1. The Labute approximate surface area is 423 Å². The number of piperidine rings is 3. The average molecular weight is 994 g/mol. The number of ether oxygens (including phenoxy) is 3. The number of aliphatic hydroxyl groups excluding tert-OH is 1. The molecule has 0 bridgehead atoms. The van der Waals surface area contributed by atoms with Crippen molar-refractivity contribution < 1.29 is 24.1 Å². The van der Waals surface area contributed by atoms with E-state index in [4.69, 9.17) is 30.8 Å². The van der Waals surface area contributed by atoms with Gasteiger partial charge in [-0.1, -0.05) is 24.6 Å². The van der Waals surface area contributed by atoms with E-state index in [9.17, 15) is 9.90 Å². The molecule has 382 valence electrons. The number of aromatic nitrogens is 6. The lowest BCUT2D eigenvalue weighted by atomic mass is 9.92. The third-order valence-corrected chi connectivity index (χ3v) is 15.3. The van der Waals surface area contributed by atoms with Gasteiger partial charge in [-0.05, 0) is 126 Å². The van der Waals surface area contributed by atoms with Crippen molar-refractivity contribution in [1.82, 2.24) is 39.8 Å². The smallest absolute Gasteiger partial charge is 0.254 e. The molecule has 4 fully saturated rings. The van der Waals surface area contributed by atoms with Crippen molar-refractivity contribution in [2.45, 2.75) is 115 Å². The van der Waals surface area contributed by atoms with Crippen molar-refractivity contribution in [3.05, 3.63) is 82.9 Å². The number of anilines is 4. The topological polar surface area (TPSA) is 180 Å². The zero-order chi connectivity index (χ0) is 48.9. The number of hydrogen-bond acceptors (Lipinski definition) is 15. The van der Waals surface area contributed by atoms with Gasteiger partial charge in [-0.2, -0.15) is 9.61 Å². The van der Waals surface area contributed by atoms with E-state index >= 15 is 0 Å². The summed E-state index contributed by atoms with van der Waals surface area (Å²) in [6.07, 6.45) is 20.1. The van der Waals surface area contributed by atoms with Crippen LogP contribution in [0.3, 0.4) is 0 Å². The first-order valence-electron chi connectivity index (χ1n) is 26.2. The normalized spacial score (nSPS) is 20.5. The minimum Gasteiger partial charge on any atom is -0.490 e. The summed E-state index contributed by atoms with van der Waals surface area (Å²) >= 11 is 6.33. The van der Waals surface area contributed by atoms with Gasteiger partial charge in [0.25, 0.3) is 5.91 Å². The Morgan fingerprint density at radius 1 is 0.859 bits per heavy atom. The number of nitrogens with one attached hydrogen (secondary N) is 3. The fourth-order valence-electron chi connectivity index (χ4n) is 10.7. The van der Waals surface area contributed by atoms with Gasteiger partial charge in [-0.15, -0.1) is 0 Å². The van der Waals surface area contributed by atoms with Gasteiger partial charge in [0.2, 0.25) is 11.8 Å². The van der Waals surface area contributed by atoms with Gasteiger partial charge in [0.1, 0.15) is 24.0 Å². The molecule has 18 heteroatoms. The van der Waals surface area contributed by atoms with Gasteiger partial charge in [0, 0.05) is 107 Å². The summed E-state index contributed by atoms with van der Waals surface area (Å²) < 4.78 is 20.1. The third-order valence-electron chi connectivity index (χ3n) is 14.9. The zero-order valence-electron chi connectivity index (χ0n) is 41.6. The Balaban J connectivity index is 0.626. The molecule has 1 saturated carbocycles. The first kappa shape index (κ1) is 50.5. The Morgan fingerprint density at radius 3 is 2.39 bits per heavy atom. The van der Waals surface area contributed by atoms with Gasteiger partial charge >= 0.3 is 0 Å². The average Bonchev–Trinajstić information content (AvgIpc) is 3.83. The van der Waals surface area contributed by atoms with E-state index in [0.717, 1.165) is 163 Å². The number of nitrogens with zero attached hydrogens (tertiary/aromatic N) is 9. The molecule has 71 heavy (non-hydrogen) atoms. The van der Waals surface area contributed by atoms with E-state index in [0.29, 0.717) is 54.0 Å². The van der Waals surface area contributed by atoms with E-state index in [1.165, 1.54) is 6.42 Å².